The van der Waals surface area contributed by atoms with Crippen molar-refractivity contribution in [1.29, 1.82) is 0 Å². The Balaban J connectivity index is 1.76. The molecule has 0 amide bonds. The van der Waals surface area contributed by atoms with Crippen LogP contribution < -0.4 is 5.73 Å². The van der Waals surface area contributed by atoms with Crippen molar-refractivity contribution >= 4 is 0 Å². The van der Waals surface area contributed by atoms with Crippen LogP contribution in [0.25, 0.3) is 11.5 Å². The molecule has 1 aromatic carbocycles. The monoisotopic (exact) mass is 256 g/mol. The molecule has 3 aromatic rings. The Morgan fingerprint density at radius 2 is 2.11 bits per heavy atom. The van der Waals surface area contributed by atoms with Crippen LogP contribution in [-0.4, -0.2) is 25.6 Å². The molecule has 1 atom stereocenters. The highest BCUT2D eigenvalue weighted by Gasteiger charge is 2.17. The zero-order valence-corrected chi connectivity index (χ0v) is 10.0. The van der Waals surface area contributed by atoms with Gasteiger partial charge >= 0.3 is 0 Å². The highest BCUT2D eigenvalue weighted by Crippen LogP contribution is 2.17. The third-order valence-electron chi connectivity index (χ3n) is 2.70. The maximum atomic E-state index is 6.05. The van der Waals surface area contributed by atoms with Crippen LogP contribution in [-0.2, 0) is 6.42 Å². The first kappa shape index (κ1) is 11.5. The first-order valence-corrected chi connectivity index (χ1v) is 5.82. The van der Waals surface area contributed by atoms with E-state index in [0.29, 0.717) is 23.8 Å². The van der Waals surface area contributed by atoms with Crippen LogP contribution in [0, 0.1) is 0 Å². The standard InChI is InChI=1S/C12H12N6O/c13-9(6-8-4-2-1-3-5-8)12-15-11(17-19-12)10-7-14-18-16-10/h1-5,7,9H,6,13H2,(H,14,16,18)/t9-/m1/s1. The second-order valence-electron chi connectivity index (χ2n) is 4.11. The van der Waals surface area contributed by atoms with Crippen LogP contribution in [0.5, 0.6) is 0 Å². The van der Waals surface area contributed by atoms with Gasteiger partial charge in [0.1, 0.15) is 0 Å². The Bertz CT molecular complexity index is 633. The number of aromatic nitrogens is 5. The van der Waals surface area contributed by atoms with E-state index in [0.717, 1.165) is 5.56 Å². The third-order valence-corrected chi connectivity index (χ3v) is 2.70. The zero-order valence-electron chi connectivity index (χ0n) is 10.0. The summed E-state index contributed by atoms with van der Waals surface area (Å²) in [7, 11) is 0. The number of nitrogens with one attached hydrogen (secondary N) is 1. The number of hydrogen-bond donors (Lipinski definition) is 2. The number of nitrogens with zero attached hydrogens (tertiary/aromatic N) is 4. The molecule has 0 spiro atoms. The summed E-state index contributed by atoms with van der Waals surface area (Å²) in [6, 6.07) is 9.58. The molecule has 96 valence electrons. The Morgan fingerprint density at radius 1 is 1.26 bits per heavy atom. The molecule has 0 aliphatic rings. The summed E-state index contributed by atoms with van der Waals surface area (Å²) < 4.78 is 5.15. The average molecular weight is 256 g/mol. The van der Waals surface area contributed by atoms with Crippen molar-refractivity contribution < 1.29 is 4.52 Å². The van der Waals surface area contributed by atoms with E-state index in [1.807, 2.05) is 30.3 Å². The van der Waals surface area contributed by atoms with Gasteiger partial charge in [0.2, 0.25) is 11.7 Å². The van der Waals surface area contributed by atoms with Gasteiger partial charge < -0.3 is 10.3 Å². The molecule has 0 aliphatic heterocycles. The number of aromatic amines is 1. The van der Waals surface area contributed by atoms with Crippen molar-refractivity contribution in [1.82, 2.24) is 25.6 Å². The van der Waals surface area contributed by atoms with Gasteiger partial charge in [-0.3, -0.25) is 0 Å². The average Bonchev–Trinajstić information content (AvgIpc) is 3.11. The van der Waals surface area contributed by atoms with Gasteiger partial charge in [0, 0.05) is 0 Å². The molecule has 7 heteroatoms. The largest absolute Gasteiger partial charge is 0.337 e. The molecule has 7 nitrogen and oxygen atoms in total. The van der Waals surface area contributed by atoms with Gasteiger partial charge in [0.15, 0.2) is 5.69 Å². The molecular weight excluding hydrogens is 244 g/mol. The van der Waals surface area contributed by atoms with E-state index < -0.39 is 0 Å². The smallest absolute Gasteiger partial charge is 0.244 e. The van der Waals surface area contributed by atoms with E-state index >= 15 is 0 Å². The first-order chi connectivity index (χ1) is 9.33. The highest BCUT2D eigenvalue weighted by molar-refractivity contribution is 5.44. The van der Waals surface area contributed by atoms with Gasteiger partial charge in [0.05, 0.1) is 12.2 Å². The van der Waals surface area contributed by atoms with E-state index in [1.165, 1.54) is 6.20 Å². The Kier molecular flexibility index (Phi) is 3.03. The van der Waals surface area contributed by atoms with E-state index in [-0.39, 0.29) is 6.04 Å². The lowest BCUT2D eigenvalue weighted by Gasteiger charge is -2.05. The highest BCUT2D eigenvalue weighted by atomic mass is 16.5. The van der Waals surface area contributed by atoms with Crippen molar-refractivity contribution in [2.24, 2.45) is 5.73 Å². The van der Waals surface area contributed by atoms with E-state index in [2.05, 4.69) is 25.6 Å². The van der Waals surface area contributed by atoms with Crippen LogP contribution in [0.15, 0.2) is 41.1 Å². The number of benzene rings is 1. The minimum absolute atomic E-state index is 0.337. The van der Waals surface area contributed by atoms with Crippen molar-refractivity contribution in [3.63, 3.8) is 0 Å². The SMILES string of the molecule is N[C@H](Cc1ccccc1)c1nc(-c2cn[nH]n2)no1. The van der Waals surface area contributed by atoms with Crippen LogP contribution in [0.4, 0.5) is 0 Å². The molecule has 0 fully saturated rings. The summed E-state index contributed by atoms with van der Waals surface area (Å²) in [6.07, 6.45) is 2.17. The van der Waals surface area contributed by atoms with Gasteiger partial charge in [-0.05, 0) is 12.0 Å². The lowest BCUT2D eigenvalue weighted by molar-refractivity contribution is 0.354. The van der Waals surface area contributed by atoms with Crippen LogP contribution in [0.3, 0.4) is 0 Å². The van der Waals surface area contributed by atoms with Crippen LogP contribution >= 0.6 is 0 Å². The zero-order chi connectivity index (χ0) is 13.1. The first-order valence-electron chi connectivity index (χ1n) is 5.82. The normalized spacial score (nSPS) is 12.5. The van der Waals surface area contributed by atoms with Crippen molar-refractivity contribution in [3.05, 3.63) is 48.0 Å². The van der Waals surface area contributed by atoms with Crippen molar-refractivity contribution in [2.45, 2.75) is 12.5 Å². The van der Waals surface area contributed by atoms with Gasteiger partial charge in [0.25, 0.3) is 0 Å². The second-order valence-corrected chi connectivity index (χ2v) is 4.11. The summed E-state index contributed by atoms with van der Waals surface area (Å²) in [6.45, 7) is 0. The predicted molar refractivity (Wildman–Crippen MR) is 66.7 cm³/mol. The molecule has 2 aromatic heterocycles. The van der Waals surface area contributed by atoms with Gasteiger partial charge in [-0.2, -0.15) is 20.4 Å². The summed E-state index contributed by atoms with van der Waals surface area (Å²) in [5.74, 6) is 0.772. The third kappa shape index (κ3) is 2.50. The molecule has 0 saturated carbocycles. The molecule has 3 rings (SSSR count). The fourth-order valence-electron chi connectivity index (χ4n) is 1.75. The summed E-state index contributed by atoms with van der Waals surface area (Å²) in [5.41, 5.74) is 7.70. The Labute approximate surface area is 108 Å². The Hall–Kier alpha value is -2.54. The predicted octanol–water partition coefficient (Wildman–Crippen LogP) is 1.10. The molecule has 0 saturated heterocycles. The molecule has 0 bridgehead atoms. The van der Waals surface area contributed by atoms with E-state index in [9.17, 15) is 0 Å². The molecule has 0 aliphatic carbocycles. The maximum absolute atomic E-state index is 6.05. The quantitative estimate of drug-likeness (QED) is 0.723. The fourth-order valence-corrected chi connectivity index (χ4v) is 1.75. The lowest BCUT2D eigenvalue weighted by atomic mass is 10.1. The number of H-pyrrole nitrogens is 1. The summed E-state index contributed by atoms with van der Waals surface area (Å²) in [4.78, 5) is 4.22. The van der Waals surface area contributed by atoms with Gasteiger partial charge in [-0.15, -0.1) is 0 Å². The fraction of sp³-hybridized carbons (Fsp3) is 0.167. The Morgan fingerprint density at radius 3 is 2.84 bits per heavy atom. The van der Waals surface area contributed by atoms with Crippen LogP contribution in [0.1, 0.15) is 17.5 Å². The minimum Gasteiger partial charge on any atom is -0.337 e. The number of nitrogens with two attached hydrogens (primary N) is 1. The number of hydrogen-bond acceptors (Lipinski definition) is 6. The molecule has 0 unspecified atom stereocenters. The number of rotatable bonds is 4. The second kappa shape index (κ2) is 4.99. The molecular formula is C12H12N6O. The molecule has 0 radical (unpaired) electrons. The lowest BCUT2D eigenvalue weighted by Crippen LogP contribution is -2.13. The topological polar surface area (TPSA) is 107 Å². The van der Waals surface area contributed by atoms with Gasteiger partial charge in [-0.25, -0.2) is 0 Å². The van der Waals surface area contributed by atoms with E-state index in [4.69, 9.17) is 10.3 Å². The summed E-state index contributed by atoms with van der Waals surface area (Å²) >= 11 is 0. The maximum Gasteiger partial charge on any atom is 0.244 e. The molecule has 2 heterocycles. The minimum atomic E-state index is -0.337. The van der Waals surface area contributed by atoms with E-state index in [1.54, 1.807) is 0 Å². The molecule has 19 heavy (non-hydrogen) atoms. The van der Waals surface area contributed by atoms with Crippen molar-refractivity contribution in [3.8, 4) is 11.5 Å². The molecule has 3 N–H and O–H groups in total. The van der Waals surface area contributed by atoms with Crippen LogP contribution in [0.2, 0.25) is 0 Å². The summed E-state index contributed by atoms with van der Waals surface area (Å²) in [5, 5.41) is 13.9. The van der Waals surface area contributed by atoms with Gasteiger partial charge in [-0.1, -0.05) is 35.5 Å². The van der Waals surface area contributed by atoms with Crippen molar-refractivity contribution in [2.75, 3.05) is 0 Å².